The predicted molar refractivity (Wildman–Crippen MR) is 48.4 cm³/mol. The molecule has 0 saturated carbocycles. The molecule has 1 aromatic rings. The summed E-state index contributed by atoms with van der Waals surface area (Å²) in [5, 5.41) is 19.4. The van der Waals surface area contributed by atoms with Crippen molar-refractivity contribution in [3.63, 3.8) is 0 Å². The zero-order valence-corrected chi connectivity index (χ0v) is 7.87. The van der Waals surface area contributed by atoms with E-state index >= 15 is 0 Å². The molecule has 1 aromatic heterocycles. The van der Waals surface area contributed by atoms with E-state index in [-0.39, 0.29) is 11.5 Å². The van der Waals surface area contributed by atoms with Crippen molar-refractivity contribution in [1.82, 2.24) is 0 Å². The van der Waals surface area contributed by atoms with Crippen LogP contribution in [0.4, 0.5) is 0 Å². The van der Waals surface area contributed by atoms with Crippen molar-refractivity contribution in [1.29, 1.82) is 0 Å². The van der Waals surface area contributed by atoms with E-state index in [0.29, 0.717) is 0 Å². The minimum atomic E-state index is -1.43. The van der Waals surface area contributed by atoms with E-state index in [2.05, 4.69) is 4.74 Å². The summed E-state index contributed by atoms with van der Waals surface area (Å²) < 4.78 is 9.45. The summed E-state index contributed by atoms with van der Waals surface area (Å²) in [4.78, 5) is 20.6. The van der Waals surface area contributed by atoms with Gasteiger partial charge in [0.05, 0.1) is 7.11 Å². The van der Waals surface area contributed by atoms with Crippen molar-refractivity contribution >= 4 is 0 Å². The van der Waals surface area contributed by atoms with Crippen molar-refractivity contribution in [3.8, 4) is 5.75 Å². The number of aliphatic hydroxyl groups excluding tert-OH is 1. The van der Waals surface area contributed by atoms with Crippen molar-refractivity contribution in [2.75, 3.05) is 13.7 Å². The van der Waals surface area contributed by atoms with Crippen LogP contribution < -0.4 is 10.2 Å². The summed E-state index contributed by atoms with van der Waals surface area (Å²) in [6.45, 7) is -0.713. The molecule has 0 aliphatic rings. The molecular formula is C8H9NO6. The van der Waals surface area contributed by atoms with E-state index in [9.17, 15) is 20.0 Å². The van der Waals surface area contributed by atoms with E-state index in [4.69, 9.17) is 4.42 Å². The van der Waals surface area contributed by atoms with Gasteiger partial charge in [-0.05, 0) is 0 Å². The van der Waals surface area contributed by atoms with E-state index in [1.807, 2.05) is 0 Å². The Morgan fingerprint density at radius 2 is 2.40 bits per heavy atom. The van der Waals surface area contributed by atoms with Crippen LogP contribution in [0.1, 0.15) is 11.9 Å². The van der Waals surface area contributed by atoms with Crippen LogP contribution in [0.25, 0.3) is 0 Å². The molecule has 0 bridgehead atoms. The predicted octanol–water partition coefficient (Wildman–Crippen LogP) is -0.0415. The number of ether oxygens (including phenoxy) is 1. The second kappa shape index (κ2) is 4.56. The van der Waals surface area contributed by atoms with Crippen LogP contribution in [0, 0.1) is 10.1 Å². The highest BCUT2D eigenvalue weighted by molar-refractivity contribution is 5.18. The van der Waals surface area contributed by atoms with Gasteiger partial charge >= 0.3 is 0 Å². The largest absolute Gasteiger partial charge is 0.490 e. The third-order valence-electron chi connectivity index (χ3n) is 1.69. The summed E-state index contributed by atoms with van der Waals surface area (Å²) in [7, 11) is 1.29. The fourth-order valence-electron chi connectivity index (χ4n) is 0.969. The molecule has 0 aliphatic carbocycles. The average molecular weight is 215 g/mol. The number of hydrogen-bond acceptors (Lipinski definition) is 6. The lowest BCUT2D eigenvalue weighted by Gasteiger charge is -2.05. The van der Waals surface area contributed by atoms with Crippen LogP contribution in [0.15, 0.2) is 21.5 Å². The average Bonchev–Trinajstić information content (AvgIpc) is 2.16. The van der Waals surface area contributed by atoms with Crippen LogP contribution in [0.2, 0.25) is 0 Å². The van der Waals surface area contributed by atoms with Crippen LogP contribution in [0.5, 0.6) is 5.75 Å². The molecule has 7 nitrogen and oxygen atoms in total. The number of nitrogens with zero attached hydrogens (tertiary/aromatic N) is 1. The second-order valence-electron chi connectivity index (χ2n) is 2.75. The molecule has 1 rings (SSSR count). The lowest BCUT2D eigenvalue weighted by Crippen LogP contribution is -2.14. The molecule has 0 aliphatic heterocycles. The highest BCUT2D eigenvalue weighted by Gasteiger charge is 2.18. The minimum absolute atomic E-state index is 0.0212. The number of rotatable bonds is 4. The number of methoxy groups -OCH3 is 1. The molecule has 0 spiro atoms. The van der Waals surface area contributed by atoms with E-state index < -0.39 is 23.0 Å². The molecule has 1 atom stereocenters. The first-order valence-corrected chi connectivity index (χ1v) is 4.01. The van der Waals surface area contributed by atoms with Gasteiger partial charge in [-0.25, -0.2) is 0 Å². The molecule has 0 aromatic carbocycles. The number of hydrogen-bond donors (Lipinski definition) is 1. The van der Waals surface area contributed by atoms with Crippen LogP contribution in [-0.2, 0) is 0 Å². The van der Waals surface area contributed by atoms with Gasteiger partial charge in [0.25, 0.3) is 0 Å². The highest BCUT2D eigenvalue weighted by atomic mass is 16.6. The van der Waals surface area contributed by atoms with Gasteiger partial charge in [-0.3, -0.25) is 14.9 Å². The lowest BCUT2D eigenvalue weighted by molar-refractivity contribution is -0.492. The molecule has 1 N–H and O–H groups in total. The van der Waals surface area contributed by atoms with Crippen molar-refractivity contribution in [3.05, 3.63) is 38.4 Å². The van der Waals surface area contributed by atoms with Gasteiger partial charge < -0.3 is 14.3 Å². The third-order valence-corrected chi connectivity index (χ3v) is 1.69. The summed E-state index contributed by atoms with van der Waals surface area (Å²) in [6, 6.07) is 0.965. The van der Waals surface area contributed by atoms with E-state index in [0.717, 1.165) is 12.3 Å². The van der Waals surface area contributed by atoms with Gasteiger partial charge in [-0.1, -0.05) is 0 Å². The zero-order chi connectivity index (χ0) is 11.4. The van der Waals surface area contributed by atoms with E-state index in [1.165, 1.54) is 7.11 Å². The van der Waals surface area contributed by atoms with Crippen molar-refractivity contribution in [2.24, 2.45) is 0 Å². The molecule has 82 valence electrons. The normalized spacial score (nSPS) is 12.1. The Morgan fingerprint density at radius 3 is 2.87 bits per heavy atom. The van der Waals surface area contributed by atoms with Crippen molar-refractivity contribution < 1.29 is 19.2 Å². The maximum absolute atomic E-state index is 11.2. The Labute approximate surface area is 84.1 Å². The molecule has 1 heterocycles. The summed E-state index contributed by atoms with van der Waals surface area (Å²) in [5.41, 5.74) is -0.499. The van der Waals surface area contributed by atoms with E-state index in [1.54, 1.807) is 0 Å². The first-order valence-electron chi connectivity index (χ1n) is 4.01. The maximum Gasteiger partial charge on any atom is 0.236 e. The molecule has 0 saturated heterocycles. The van der Waals surface area contributed by atoms with Crippen LogP contribution >= 0.6 is 0 Å². The third kappa shape index (κ3) is 2.78. The fourth-order valence-corrected chi connectivity index (χ4v) is 0.969. The van der Waals surface area contributed by atoms with Gasteiger partial charge in [-0.15, -0.1) is 0 Å². The van der Waals surface area contributed by atoms with Gasteiger partial charge in [0.1, 0.15) is 12.0 Å². The maximum atomic E-state index is 11.2. The fraction of sp³-hybridized carbons (Fsp3) is 0.375. The SMILES string of the molecule is COc1coc([C@H](O)C[N+](=O)[O-])cc1=O. The minimum Gasteiger partial charge on any atom is -0.490 e. The molecular weight excluding hydrogens is 206 g/mol. The summed E-state index contributed by atoms with van der Waals surface area (Å²) >= 11 is 0. The lowest BCUT2D eigenvalue weighted by atomic mass is 10.2. The molecule has 0 fully saturated rings. The number of nitro groups is 1. The smallest absolute Gasteiger partial charge is 0.236 e. The Bertz CT molecular complexity index is 412. The molecule has 0 amide bonds. The summed E-state index contributed by atoms with van der Waals surface area (Å²) in [6.07, 6.45) is -0.431. The standard InChI is InChI=1S/C8H9NO6/c1-14-8-4-15-7(2-5(8)10)6(11)3-9(12)13/h2,4,6,11H,3H2,1H3/t6-/m1/s1. The first kappa shape index (κ1) is 11.2. The van der Waals surface area contributed by atoms with Gasteiger partial charge in [-0.2, -0.15) is 0 Å². The van der Waals surface area contributed by atoms with Gasteiger partial charge in [0, 0.05) is 11.0 Å². The number of aliphatic hydroxyl groups is 1. The quantitative estimate of drug-likeness (QED) is 0.558. The molecule has 15 heavy (non-hydrogen) atoms. The Kier molecular flexibility index (Phi) is 3.40. The highest BCUT2D eigenvalue weighted by Crippen LogP contribution is 2.13. The Balaban J connectivity index is 2.92. The summed E-state index contributed by atoms with van der Waals surface area (Å²) in [5.74, 6) is -0.176. The Hall–Kier alpha value is -1.89. The van der Waals surface area contributed by atoms with Gasteiger partial charge in [0.2, 0.25) is 17.7 Å². The Morgan fingerprint density at radius 1 is 1.73 bits per heavy atom. The molecule has 7 heteroatoms. The van der Waals surface area contributed by atoms with Crippen molar-refractivity contribution in [2.45, 2.75) is 6.10 Å². The molecule has 0 radical (unpaired) electrons. The van der Waals surface area contributed by atoms with Gasteiger partial charge in [0.15, 0.2) is 6.10 Å². The zero-order valence-electron chi connectivity index (χ0n) is 7.87. The van der Waals surface area contributed by atoms with Crippen LogP contribution in [0.3, 0.4) is 0 Å². The topological polar surface area (TPSA) is 103 Å². The molecule has 0 unspecified atom stereocenters. The van der Waals surface area contributed by atoms with Crippen LogP contribution in [-0.4, -0.2) is 23.7 Å². The second-order valence-corrected chi connectivity index (χ2v) is 2.75. The first-order chi connectivity index (χ1) is 7.04. The monoisotopic (exact) mass is 215 g/mol.